The van der Waals surface area contributed by atoms with E-state index >= 15 is 4.57 Å². The van der Waals surface area contributed by atoms with E-state index < -0.39 is 7.14 Å². The fourth-order valence-electron chi connectivity index (χ4n) is 7.26. The molecule has 0 fully saturated rings. The summed E-state index contributed by atoms with van der Waals surface area (Å²) < 4.78 is 16.0. The predicted octanol–water partition coefficient (Wildman–Crippen LogP) is 10.2. The van der Waals surface area contributed by atoms with Gasteiger partial charge in [-0.25, -0.2) is 4.98 Å². The molecule has 8 aromatic carbocycles. The molecular weight excluding hydrogens is 577 g/mol. The van der Waals surface area contributed by atoms with E-state index in [1.165, 1.54) is 16.2 Å². The van der Waals surface area contributed by atoms with Crippen LogP contribution in [0.4, 0.5) is 0 Å². The first-order valence-electron chi connectivity index (χ1n) is 15.6. The van der Waals surface area contributed by atoms with Gasteiger partial charge in [0.05, 0.1) is 11.2 Å². The van der Waals surface area contributed by atoms with Crippen molar-refractivity contribution in [3.05, 3.63) is 170 Å². The zero-order valence-corrected chi connectivity index (χ0v) is 25.9. The van der Waals surface area contributed by atoms with Gasteiger partial charge in [-0.1, -0.05) is 164 Å². The monoisotopic (exact) mass is 605 g/mol. The Balaban J connectivity index is 1.57. The van der Waals surface area contributed by atoms with E-state index in [0.29, 0.717) is 0 Å². The molecule has 0 atom stereocenters. The third-order valence-corrected chi connectivity index (χ3v) is 12.4. The van der Waals surface area contributed by atoms with Crippen LogP contribution >= 0.6 is 7.14 Å². The van der Waals surface area contributed by atoms with Crippen LogP contribution in [0, 0.1) is 0 Å². The Morgan fingerprint density at radius 1 is 0.391 bits per heavy atom. The summed E-state index contributed by atoms with van der Waals surface area (Å²) in [5.74, 6) is 0. The highest BCUT2D eigenvalue weighted by Gasteiger charge is 2.33. The average molecular weight is 606 g/mol. The summed E-state index contributed by atoms with van der Waals surface area (Å²) >= 11 is 0. The van der Waals surface area contributed by atoms with E-state index in [4.69, 9.17) is 4.98 Å². The van der Waals surface area contributed by atoms with Crippen molar-refractivity contribution in [1.82, 2.24) is 4.98 Å². The van der Waals surface area contributed by atoms with Gasteiger partial charge in [0.25, 0.3) is 0 Å². The second-order valence-corrected chi connectivity index (χ2v) is 14.5. The number of aromatic nitrogens is 1. The molecule has 0 spiro atoms. The van der Waals surface area contributed by atoms with E-state index in [-0.39, 0.29) is 0 Å². The van der Waals surface area contributed by atoms with Crippen LogP contribution in [0.15, 0.2) is 170 Å². The van der Waals surface area contributed by atoms with Crippen molar-refractivity contribution in [3.63, 3.8) is 0 Å². The zero-order valence-electron chi connectivity index (χ0n) is 25.0. The maximum atomic E-state index is 16.0. The van der Waals surface area contributed by atoms with Gasteiger partial charge in [0.1, 0.15) is 0 Å². The molecule has 9 aromatic rings. The molecule has 2 nitrogen and oxygen atoms in total. The molecule has 1 aromatic heterocycles. The van der Waals surface area contributed by atoms with Crippen molar-refractivity contribution in [2.45, 2.75) is 0 Å². The molecular formula is C43H28NOP. The van der Waals surface area contributed by atoms with Crippen LogP contribution in [-0.4, -0.2) is 4.98 Å². The molecule has 9 rings (SSSR count). The van der Waals surface area contributed by atoms with Crippen molar-refractivity contribution in [2.24, 2.45) is 0 Å². The zero-order chi connectivity index (χ0) is 30.7. The molecule has 0 saturated heterocycles. The van der Waals surface area contributed by atoms with Gasteiger partial charge < -0.3 is 4.57 Å². The van der Waals surface area contributed by atoms with Crippen LogP contribution < -0.4 is 15.9 Å². The highest BCUT2D eigenvalue weighted by atomic mass is 31.2. The Hall–Kier alpha value is -5.56. The second kappa shape index (κ2) is 10.5. The summed E-state index contributed by atoms with van der Waals surface area (Å²) in [4.78, 5) is 5.54. The lowest BCUT2D eigenvalue weighted by Crippen LogP contribution is -2.25. The van der Waals surface area contributed by atoms with Crippen molar-refractivity contribution in [2.75, 3.05) is 0 Å². The third-order valence-electron chi connectivity index (χ3n) is 9.28. The first-order chi connectivity index (χ1) is 22.7. The molecule has 0 aliphatic rings. The van der Waals surface area contributed by atoms with Gasteiger partial charge in [-0.3, -0.25) is 0 Å². The highest BCUT2D eigenvalue weighted by molar-refractivity contribution is 7.85. The third kappa shape index (κ3) is 3.91. The van der Waals surface area contributed by atoms with E-state index in [1.54, 1.807) is 0 Å². The van der Waals surface area contributed by atoms with Crippen LogP contribution in [0.3, 0.4) is 0 Å². The van der Waals surface area contributed by atoms with Gasteiger partial charge in [0.2, 0.25) is 0 Å². The Bertz CT molecular complexity index is 2610. The first kappa shape index (κ1) is 26.8. The van der Waals surface area contributed by atoms with Crippen molar-refractivity contribution in [1.29, 1.82) is 0 Å². The van der Waals surface area contributed by atoms with Crippen molar-refractivity contribution >= 4 is 77.0 Å². The largest absolute Gasteiger partial charge is 0.309 e. The molecule has 1 heterocycles. The Kier molecular flexibility index (Phi) is 6.13. The van der Waals surface area contributed by atoms with Crippen LogP contribution in [0.25, 0.3) is 65.3 Å². The lowest BCUT2D eigenvalue weighted by molar-refractivity contribution is 0.592. The Labute approximate surface area is 267 Å². The SMILES string of the molecule is O=P(c1ccccc1)(c1ccccc1)c1cc2c(-c3ccccc3)nc3c4ccccc4c4ccccc4c3c2c2ccccc12. The molecule has 0 N–H and O–H groups in total. The van der Waals surface area contributed by atoms with E-state index in [0.717, 1.165) is 65.0 Å². The molecule has 0 aliphatic carbocycles. The standard InChI is InChI=1S/C43H28NOP/c45-46(30-18-6-2-7-19-30,31-20-8-3-9-21-31)39-28-38-40(36-26-14-12-24-34(36)39)41-35-25-13-10-22-32(35)33-23-11-15-27-37(33)43(41)44-42(38)29-16-4-1-5-17-29/h1-28H. The van der Waals surface area contributed by atoms with Gasteiger partial charge in [-0.05, 0) is 33.0 Å². The fraction of sp³-hybridized carbons (Fsp3) is 0. The van der Waals surface area contributed by atoms with Crippen molar-refractivity contribution < 1.29 is 4.57 Å². The van der Waals surface area contributed by atoms with Gasteiger partial charge in [-0.15, -0.1) is 0 Å². The van der Waals surface area contributed by atoms with Crippen LogP contribution in [0.1, 0.15) is 0 Å². The van der Waals surface area contributed by atoms with Gasteiger partial charge in [0.15, 0.2) is 7.14 Å². The molecule has 0 saturated carbocycles. The minimum absolute atomic E-state index is 0.817. The van der Waals surface area contributed by atoms with Crippen LogP contribution in [0.2, 0.25) is 0 Å². The number of benzene rings is 8. The summed E-state index contributed by atoms with van der Waals surface area (Å²) in [6, 6.07) is 58.2. The van der Waals surface area contributed by atoms with E-state index in [2.05, 4.69) is 103 Å². The average Bonchev–Trinajstić information content (AvgIpc) is 3.14. The molecule has 46 heavy (non-hydrogen) atoms. The summed E-state index contributed by atoms with van der Waals surface area (Å²) in [5, 5.41) is 12.5. The quantitative estimate of drug-likeness (QED) is 0.148. The lowest BCUT2D eigenvalue weighted by atomic mass is 9.90. The Morgan fingerprint density at radius 3 is 1.41 bits per heavy atom. The molecule has 216 valence electrons. The molecule has 0 bridgehead atoms. The van der Waals surface area contributed by atoms with Gasteiger partial charge >= 0.3 is 0 Å². The van der Waals surface area contributed by atoms with E-state index in [9.17, 15) is 0 Å². The minimum atomic E-state index is -3.31. The number of rotatable bonds is 4. The predicted molar refractivity (Wildman–Crippen MR) is 197 cm³/mol. The number of fused-ring (bicyclic) bond motifs is 10. The fourth-order valence-corrected chi connectivity index (χ4v) is 10.1. The van der Waals surface area contributed by atoms with Crippen molar-refractivity contribution in [3.8, 4) is 11.3 Å². The molecule has 3 heteroatoms. The summed E-state index contributed by atoms with van der Waals surface area (Å²) in [5.41, 5.74) is 2.90. The summed E-state index contributed by atoms with van der Waals surface area (Å²) in [7, 11) is -3.31. The highest BCUT2D eigenvalue weighted by Crippen LogP contribution is 2.49. The molecule has 0 radical (unpaired) electrons. The summed E-state index contributed by atoms with van der Waals surface area (Å²) in [6.45, 7) is 0. The Morgan fingerprint density at radius 2 is 0.826 bits per heavy atom. The number of pyridine rings is 1. The normalized spacial score (nSPS) is 12.0. The van der Waals surface area contributed by atoms with E-state index in [1.807, 2.05) is 66.7 Å². The molecule has 0 amide bonds. The number of hydrogen-bond donors (Lipinski definition) is 0. The van der Waals surface area contributed by atoms with Crippen LogP contribution in [0.5, 0.6) is 0 Å². The van der Waals surface area contributed by atoms with Crippen LogP contribution in [-0.2, 0) is 4.57 Å². The summed E-state index contributed by atoms with van der Waals surface area (Å²) in [6.07, 6.45) is 0. The smallest absolute Gasteiger partial charge is 0.171 e. The topological polar surface area (TPSA) is 30.0 Å². The minimum Gasteiger partial charge on any atom is -0.309 e. The lowest BCUT2D eigenvalue weighted by Gasteiger charge is -2.24. The maximum absolute atomic E-state index is 16.0. The van der Waals surface area contributed by atoms with Gasteiger partial charge in [-0.2, -0.15) is 0 Å². The maximum Gasteiger partial charge on any atom is 0.171 e. The number of hydrogen-bond acceptors (Lipinski definition) is 2. The first-order valence-corrected chi connectivity index (χ1v) is 17.3. The number of nitrogens with zero attached hydrogens (tertiary/aromatic N) is 1. The molecule has 0 aliphatic heterocycles. The molecule has 0 unspecified atom stereocenters. The van der Waals surface area contributed by atoms with Gasteiger partial charge in [0, 0.05) is 43.0 Å². The second-order valence-electron chi connectivity index (χ2n) is 11.8.